The Morgan fingerprint density at radius 3 is 2.72 bits per heavy atom. The number of nitro benzene ring substituents is 1. The van der Waals surface area contributed by atoms with Crippen molar-refractivity contribution in [3.05, 3.63) is 80.8 Å². The van der Waals surface area contributed by atoms with Crippen LogP contribution >= 0.6 is 23.1 Å². The number of nitro groups is 1. The van der Waals surface area contributed by atoms with Crippen LogP contribution in [0.3, 0.4) is 0 Å². The topological polar surface area (TPSA) is 85.1 Å². The number of non-ortho nitro benzene ring substituents is 1. The highest BCUT2D eigenvalue weighted by Gasteiger charge is 2.10. The quantitative estimate of drug-likeness (QED) is 0.389. The minimum absolute atomic E-state index is 0.0633. The van der Waals surface area contributed by atoms with E-state index < -0.39 is 4.92 Å². The van der Waals surface area contributed by atoms with Gasteiger partial charge < -0.3 is 5.32 Å². The lowest BCUT2D eigenvalue weighted by Crippen LogP contribution is -2.11. The molecule has 1 amide bonds. The van der Waals surface area contributed by atoms with Crippen molar-refractivity contribution in [2.24, 2.45) is 0 Å². The van der Waals surface area contributed by atoms with E-state index in [1.165, 1.54) is 18.2 Å². The predicted molar refractivity (Wildman–Crippen MR) is 99.2 cm³/mol. The van der Waals surface area contributed by atoms with E-state index in [1.54, 1.807) is 46.8 Å². The zero-order chi connectivity index (χ0) is 17.6. The first kappa shape index (κ1) is 17.1. The van der Waals surface area contributed by atoms with E-state index in [4.69, 9.17) is 0 Å². The monoisotopic (exact) mass is 371 g/mol. The summed E-state index contributed by atoms with van der Waals surface area (Å²) in [5, 5.41) is 15.5. The van der Waals surface area contributed by atoms with Crippen LogP contribution in [0.1, 0.15) is 16.1 Å². The Labute approximate surface area is 152 Å². The maximum atomic E-state index is 12.3. The van der Waals surface area contributed by atoms with E-state index in [9.17, 15) is 14.9 Å². The summed E-state index contributed by atoms with van der Waals surface area (Å²) >= 11 is 3.21. The van der Waals surface area contributed by atoms with Gasteiger partial charge in [-0.2, -0.15) is 0 Å². The molecule has 25 heavy (non-hydrogen) atoms. The van der Waals surface area contributed by atoms with Gasteiger partial charge in [-0.15, -0.1) is 23.1 Å². The normalized spacial score (nSPS) is 10.4. The van der Waals surface area contributed by atoms with Crippen LogP contribution in [0.4, 0.5) is 11.4 Å². The molecule has 1 aromatic heterocycles. The number of carbonyl (C=O) groups excluding carboxylic acids is 1. The number of aromatic nitrogens is 1. The number of thioether (sulfide) groups is 1. The Kier molecular flexibility index (Phi) is 5.42. The van der Waals surface area contributed by atoms with E-state index in [0.29, 0.717) is 11.3 Å². The first-order valence-corrected chi connectivity index (χ1v) is 9.20. The molecule has 0 radical (unpaired) electrons. The number of amides is 1. The van der Waals surface area contributed by atoms with Crippen molar-refractivity contribution in [2.45, 2.75) is 10.6 Å². The highest BCUT2D eigenvalue weighted by atomic mass is 32.2. The van der Waals surface area contributed by atoms with Gasteiger partial charge in [0.2, 0.25) is 0 Å². The van der Waals surface area contributed by atoms with E-state index in [1.807, 2.05) is 17.5 Å². The maximum Gasteiger partial charge on any atom is 0.271 e. The molecule has 0 aliphatic rings. The van der Waals surface area contributed by atoms with Crippen LogP contribution in [-0.4, -0.2) is 15.8 Å². The molecule has 0 unspecified atom stereocenters. The molecule has 3 aromatic rings. The largest absolute Gasteiger partial charge is 0.322 e. The zero-order valence-corrected chi connectivity index (χ0v) is 14.5. The summed E-state index contributed by atoms with van der Waals surface area (Å²) < 4.78 is 0. The molecule has 6 nitrogen and oxygen atoms in total. The lowest BCUT2D eigenvalue weighted by Gasteiger charge is -2.06. The molecule has 1 N–H and O–H groups in total. The van der Waals surface area contributed by atoms with Crippen LogP contribution in [0, 0.1) is 10.1 Å². The van der Waals surface area contributed by atoms with Crippen molar-refractivity contribution in [1.82, 2.24) is 4.98 Å². The molecule has 126 valence electrons. The molecule has 0 bridgehead atoms. The third-order valence-electron chi connectivity index (χ3n) is 3.30. The van der Waals surface area contributed by atoms with Crippen LogP contribution in [0.5, 0.6) is 0 Å². The summed E-state index contributed by atoms with van der Waals surface area (Å²) in [4.78, 5) is 27.8. The molecule has 1 heterocycles. The van der Waals surface area contributed by atoms with Crippen molar-refractivity contribution >= 4 is 40.4 Å². The number of hydrogen-bond acceptors (Lipinski definition) is 6. The second kappa shape index (κ2) is 7.91. The van der Waals surface area contributed by atoms with Crippen molar-refractivity contribution < 1.29 is 9.72 Å². The molecule has 3 rings (SSSR count). The maximum absolute atomic E-state index is 12.3. The van der Waals surface area contributed by atoms with Crippen molar-refractivity contribution in [2.75, 3.05) is 5.32 Å². The van der Waals surface area contributed by atoms with Gasteiger partial charge in [0.15, 0.2) is 0 Å². The molecule has 2 aromatic carbocycles. The van der Waals surface area contributed by atoms with Gasteiger partial charge >= 0.3 is 0 Å². The average molecular weight is 371 g/mol. The SMILES string of the molecule is O=C(Nc1cccc([N+](=O)[O-])c1)c1ccc(SCc2cscn2)cc1. The number of benzene rings is 2. The molecule has 0 aliphatic carbocycles. The highest BCUT2D eigenvalue weighted by molar-refractivity contribution is 7.98. The summed E-state index contributed by atoms with van der Waals surface area (Å²) in [6, 6.07) is 13.1. The second-order valence-corrected chi connectivity index (χ2v) is 6.82. The Morgan fingerprint density at radius 1 is 1.24 bits per heavy atom. The summed E-state index contributed by atoms with van der Waals surface area (Å²) in [5.41, 5.74) is 3.65. The molecule has 0 aliphatic heterocycles. The van der Waals surface area contributed by atoms with Crippen molar-refractivity contribution in [3.63, 3.8) is 0 Å². The lowest BCUT2D eigenvalue weighted by atomic mass is 10.2. The van der Waals surface area contributed by atoms with Crippen molar-refractivity contribution in [1.29, 1.82) is 0 Å². The summed E-state index contributed by atoms with van der Waals surface area (Å²) in [5.74, 6) is 0.472. The third kappa shape index (κ3) is 4.65. The standard InChI is InChI=1S/C17H13N3O3S2/c21-17(19-13-2-1-3-15(8-13)20(22)23)12-4-6-16(7-5-12)25-10-14-9-24-11-18-14/h1-9,11H,10H2,(H,19,21). The molecule has 8 heteroatoms. The summed E-state index contributed by atoms with van der Waals surface area (Å²) in [6.07, 6.45) is 0. The Balaban J connectivity index is 1.62. The zero-order valence-electron chi connectivity index (χ0n) is 12.9. The number of nitrogens with one attached hydrogen (secondary N) is 1. The van der Waals surface area contributed by atoms with E-state index >= 15 is 0 Å². The van der Waals surface area contributed by atoms with E-state index in [0.717, 1.165) is 16.3 Å². The number of thiazole rings is 1. The van der Waals surface area contributed by atoms with Crippen LogP contribution in [0.15, 0.2) is 64.3 Å². The number of anilines is 1. The molecule has 0 saturated carbocycles. The van der Waals surface area contributed by atoms with Crippen molar-refractivity contribution in [3.8, 4) is 0 Å². The fourth-order valence-corrected chi connectivity index (χ4v) is 3.53. The van der Waals surface area contributed by atoms with Crippen LogP contribution in [-0.2, 0) is 5.75 Å². The number of carbonyl (C=O) groups is 1. The second-order valence-electron chi connectivity index (χ2n) is 5.05. The Bertz CT molecular complexity index is 880. The number of nitrogens with zero attached hydrogens (tertiary/aromatic N) is 2. The summed E-state index contributed by atoms with van der Waals surface area (Å²) in [7, 11) is 0. The highest BCUT2D eigenvalue weighted by Crippen LogP contribution is 2.23. The molecular weight excluding hydrogens is 358 g/mol. The first-order chi connectivity index (χ1) is 12.1. The average Bonchev–Trinajstić information content (AvgIpc) is 3.14. The fraction of sp³-hybridized carbons (Fsp3) is 0.0588. The Hall–Kier alpha value is -2.71. The smallest absolute Gasteiger partial charge is 0.271 e. The van der Waals surface area contributed by atoms with Gasteiger partial charge in [0, 0.05) is 39.4 Å². The minimum atomic E-state index is -0.496. The molecular formula is C17H13N3O3S2. The van der Waals surface area contributed by atoms with Gasteiger partial charge in [0.05, 0.1) is 16.1 Å². The molecule has 0 fully saturated rings. The molecule has 0 spiro atoms. The third-order valence-corrected chi connectivity index (χ3v) is 4.98. The van der Waals surface area contributed by atoms with Crippen LogP contribution < -0.4 is 5.32 Å². The van der Waals surface area contributed by atoms with Gasteiger partial charge in [-0.1, -0.05) is 6.07 Å². The Morgan fingerprint density at radius 2 is 2.04 bits per heavy atom. The van der Waals surface area contributed by atoms with Gasteiger partial charge in [-0.05, 0) is 30.3 Å². The fourth-order valence-electron chi connectivity index (χ4n) is 2.07. The first-order valence-electron chi connectivity index (χ1n) is 7.27. The van der Waals surface area contributed by atoms with E-state index in [-0.39, 0.29) is 11.6 Å². The lowest BCUT2D eigenvalue weighted by molar-refractivity contribution is -0.384. The number of rotatable bonds is 6. The summed E-state index contributed by atoms with van der Waals surface area (Å²) in [6.45, 7) is 0. The minimum Gasteiger partial charge on any atom is -0.322 e. The molecule has 0 saturated heterocycles. The van der Waals surface area contributed by atoms with E-state index in [2.05, 4.69) is 10.3 Å². The van der Waals surface area contributed by atoms with Gasteiger partial charge in [-0.25, -0.2) is 4.98 Å². The van der Waals surface area contributed by atoms with Crippen LogP contribution in [0.2, 0.25) is 0 Å². The van der Waals surface area contributed by atoms with Gasteiger partial charge in [0.25, 0.3) is 11.6 Å². The van der Waals surface area contributed by atoms with Gasteiger partial charge in [0.1, 0.15) is 0 Å². The molecule has 0 atom stereocenters. The van der Waals surface area contributed by atoms with Gasteiger partial charge in [-0.3, -0.25) is 14.9 Å². The predicted octanol–water partition coefficient (Wildman–Crippen LogP) is 4.60. The number of hydrogen-bond donors (Lipinski definition) is 1. The van der Waals surface area contributed by atoms with Crippen LogP contribution in [0.25, 0.3) is 0 Å².